The van der Waals surface area contributed by atoms with E-state index in [1.165, 1.54) is 0 Å². The largest absolute Gasteiger partial charge is 0.459 e. The van der Waals surface area contributed by atoms with Gasteiger partial charge in [-0.1, -0.05) is 48.0 Å². The van der Waals surface area contributed by atoms with E-state index >= 15 is 0 Å². The molecule has 1 atom stereocenters. The number of β-amino-alcohol motifs (C(OH)–C–C–N with tert-alkyl or cyclic N) is 1. The Hall–Kier alpha value is 0.0523. The summed E-state index contributed by atoms with van der Waals surface area (Å²) in [6.45, 7) is 28.3. The Labute approximate surface area is 202 Å². The average Bonchev–Trinajstić information content (AvgIpc) is 2.59. The first kappa shape index (κ1) is 34.7. The van der Waals surface area contributed by atoms with E-state index in [0.717, 1.165) is 25.7 Å². The molecule has 0 heterocycles. The molecule has 0 aliphatic carbocycles. The minimum absolute atomic E-state index is 0. The Morgan fingerprint density at radius 3 is 1.87 bits per heavy atom. The summed E-state index contributed by atoms with van der Waals surface area (Å²) in [7, 11) is 0. The summed E-state index contributed by atoms with van der Waals surface area (Å²) in [5.41, 5.74) is -1.17. The van der Waals surface area contributed by atoms with Gasteiger partial charge in [-0.25, -0.2) is 0 Å². The number of hydrogen-bond acceptors (Lipinski definition) is 4. The van der Waals surface area contributed by atoms with Crippen molar-refractivity contribution < 1.29 is 35.1 Å². The Morgan fingerprint density at radius 1 is 1.00 bits per heavy atom. The van der Waals surface area contributed by atoms with Crippen LogP contribution in [0.5, 0.6) is 0 Å². The van der Waals surface area contributed by atoms with Crippen LogP contribution in [-0.4, -0.2) is 46.8 Å². The second-order valence-corrected chi connectivity index (χ2v) is 10.4. The van der Waals surface area contributed by atoms with E-state index in [0.29, 0.717) is 19.5 Å². The number of aliphatic hydroxyl groups excluding tert-OH is 1. The summed E-state index contributed by atoms with van der Waals surface area (Å²) in [4.78, 5) is 15.3. The number of carbonyl (C=O) groups excluding carboxylic acids is 1. The van der Waals surface area contributed by atoms with Gasteiger partial charge in [0.15, 0.2) is 0 Å². The van der Waals surface area contributed by atoms with Crippen molar-refractivity contribution in [2.45, 2.75) is 119 Å². The molecule has 0 rings (SSSR count). The fourth-order valence-corrected chi connectivity index (χ4v) is 4.56. The minimum atomic E-state index is -0.589. The molecule has 0 aliphatic heterocycles. The Bertz CT molecular complexity index is 463. The molecule has 4 nitrogen and oxygen atoms in total. The Balaban J connectivity index is -0.00000235. The van der Waals surface area contributed by atoms with Crippen molar-refractivity contribution in [2.24, 2.45) is 10.8 Å². The summed E-state index contributed by atoms with van der Waals surface area (Å²) in [6, 6.07) is 0. The van der Waals surface area contributed by atoms with Gasteiger partial charge < -0.3 is 21.7 Å². The molecule has 0 bridgehead atoms. The summed E-state index contributed by atoms with van der Waals surface area (Å²) < 4.78 is 6.08. The van der Waals surface area contributed by atoms with Crippen LogP contribution in [0.15, 0.2) is 0 Å². The molecular formula is C25H52NO3Re-. The summed E-state index contributed by atoms with van der Waals surface area (Å²) >= 11 is 0. The van der Waals surface area contributed by atoms with E-state index in [2.05, 4.69) is 53.4 Å². The van der Waals surface area contributed by atoms with Crippen LogP contribution in [-0.2, 0) is 30.0 Å². The van der Waals surface area contributed by atoms with E-state index in [4.69, 9.17) is 4.74 Å². The van der Waals surface area contributed by atoms with Gasteiger partial charge in [0.1, 0.15) is 5.60 Å². The molecule has 1 radical (unpaired) electrons. The van der Waals surface area contributed by atoms with Crippen molar-refractivity contribution in [3.8, 4) is 0 Å². The zero-order chi connectivity index (χ0) is 23.5. The predicted molar refractivity (Wildman–Crippen MR) is 126 cm³/mol. The number of carbonyl (C=O) groups is 1. The van der Waals surface area contributed by atoms with Gasteiger partial charge in [-0.05, 0) is 59.3 Å². The van der Waals surface area contributed by atoms with E-state index in [-0.39, 0.29) is 44.0 Å². The molecule has 0 fully saturated rings. The van der Waals surface area contributed by atoms with Gasteiger partial charge in [-0.2, -0.15) is 0 Å². The predicted octanol–water partition coefficient (Wildman–Crippen LogP) is 6.26. The molecule has 1 unspecified atom stereocenters. The zero-order valence-corrected chi connectivity index (χ0v) is 24.7. The second-order valence-electron chi connectivity index (χ2n) is 10.4. The van der Waals surface area contributed by atoms with Crippen molar-refractivity contribution in [1.29, 1.82) is 0 Å². The van der Waals surface area contributed by atoms with E-state index in [1.807, 2.05) is 34.6 Å². The maximum Gasteiger partial charge on any atom is 0.312 e. The maximum atomic E-state index is 13.2. The van der Waals surface area contributed by atoms with Gasteiger partial charge in [0, 0.05) is 38.9 Å². The van der Waals surface area contributed by atoms with Crippen molar-refractivity contribution in [1.82, 2.24) is 4.90 Å². The smallest absolute Gasteiger partial charge is 0.312 e. The SMILES string of the molecule is CC.[CH2-]CN(CCO)C(C)(C)CC(C)(C)OC(=O)C(C)(CC)CC(C)(C)CCC.[Re]. The first-order chi connectivity index (χ1) is 13.2. The number of nitrogens with zero attached hydrogens (tertiary/aromatic N) is 1. The van der Waals surface area contributed by atoms with Gasteiger partial charge in [0.25, 0.3) is 0 Å². The van der Waals surface area contributed by atoms with Gasteiger partial charge in [-0.15, -0.1) is 6.54 Å². The minimum Gasteiger partial charge on any atom is -0.459 e. The molecule has 1 N–H and O–H groups in total. The van der Waals surface area contributed by atoms with Crippen LogP contribution in [0.1, 0.15) is 108 Å². The monoisotopic (exact) mass is 601 g/mol. The Morgan fingerprint density at radius 2 is 1.50 bits per heavy atom. The molecule has 0 saturated heterocycles. The van der Waals surface area contributed by atoms with Crippen LogP contribution in [0.2, 0.25) is 0 Å². The molecule has 0 aromatic carbocycles. The number of rotatable bonds is 13. The van der Waals surface area contributed by atoms with Crippen LogP contribution < -0.4 is 0 Å². The molecule has 0 spiro atoms. The van der Waals surface area contributed by atoms with Crippen LogP contribution in [0.4, 0.5) is 0 Å². The van der Waals surface area contributed by atoms with Gasteiger partial charge in [0.05, 0.1) is 12.0 Å². The van der Waals surface area contributed by atoms with Gasteiger partial charge in [-0.3, -0.25) is 4.79 Å². The second kappa shape index (κ2) is 15.0. The maximum absolute atomic E-state index is 13.2. The van der Waals surface area contributed by atoms with Crippen molar-refractivity contribution in [3.63, 3.8) is 0 Å². The molecule has 183 valence electrons. The molecular weight excluding hydrogens is 548 g/mol. The molecule has 0 amide bonds. The first-order valence-electron chi connectivity index (χ1n) is 11.6. The van der Waals surface area contributed by atoms with Crippen LogP contribution in [0, 0.1) is 17.8 Å². The number of ether oxygens (including phenoxy) is 1. The Kier molecular flexibility index (Phi) is 17.3. The zero-order valence-electron chi connectivity index (χ0n) is 22.0. The number of hydrogen-bond donors (Lipinski definition) is 1. The number of esters is 1. The summed E-state index contributed by atoms with van der Waals surface area (Å²) in [5.74, 6) is -0.0988. The third-order valence-corrected chi connectivity index (χ3v) is 5.79. The normalized spacial score (nSPS) is 14.3. The average molecular weight is 601 g/mol. The summed E-state index contributed by atoms with van der Waals surface area (Å²) in [5, 5.41) is 9.31. The molecule has 0 aromatic heterocycles. The quantitative estimate of drug-likeness (QED) is 0.200. The van der Waals surface area contributed by atoms with Crippen LogP contribution in [0.25, 0.3) is 0 Å². The fourth-order valence-electron chi connectivity index (χ4n) is 4.56. The molecule has 0 aliphatic rings. The van der Waals surface area contributed by atoms with Crippen molar-refractivity contribution >= 4 is 5.97 Å². The number of aliphatic hydroxyl groups is 1. The standard InChI is InChI=1S/C23H46NO3.C2H6.Re/c1-11-14-20(4,5)17-23(10,12-2)19(26)27-22(8,9)18-21(6,7)24(13-3)15-16-25;1-2;/h25H,3,11-18H2,1-2,4-10H3;1-2H3;/q-1;;. The molecule has 5 heteroatoms. The van der Waals surface area contributed by atoms with Crippen LogP contribution in [0.3, 0.4) is 0 Å². The molecule has 0 saturated carbocycles. The van der Waals surface area contributed by atoms with Crippen molar-refractivity contribution in [2.75, 3.05) is 19.7 Å². The topological polar surface area (TPSA) is 49.8 Å². The van der Waals surface area contributed by atoms with Crippen LogP contribution >= 0.6 is 0 Å². The third kappa shape index (κ3) is 12.2. The van der Waals surface area contributed by atoms with Crippen molar-refractivity contribution in [3.05, 3.63) is 6.92 Å². The van der Waals surface area contributed by atoms with E-state index in [1.54, 1.807) is 0 Å². The molecule has 30 heavy (non-hydrogen) atoms. The molecule has 0 aromatic rings. The van der Waals surface area contributed by atoms with Gasteiger partial charge in [0.2, 0.25) is 0 Å². The van der Waals surface area contributed by atoms with Gasteiger partial charge >= 0.3 is 5.97 Å². The summed E-state index contributed by atoms with van der Waals surface area (Å²) in [6.07, 6.45) is 4.50. The van der Waals surface area contributed by atoms with E-state index in [9.17, 15) is 9.90 Å². The fraction of sp³-hybridized carbons (Fsp3) is 0.920. The van der Waals surface area contributed by atoms with E-state index < -0.39 is 11.0 Å². The third-order valence-electron chi connectivity index (χ3n) is 5.79. The first-order valence-corrected chi connectivity index (χ1v) is 11.6.